The number of halogens is 1. The highest BCUT2D eigenvalue weighted by atomic mass is 127. The Hall–Kier alpha value is -2.08. The number of benzene rings is 1. The minimum atomic E-state index is 0. The van der Waals surface area contributed by atoms with Crippen LogP contribution in [0.3, 0.4) is 0 Å². The number of nitrogens with zero attached hydrogens (tertiary/aromatic N) is 2. The molecule has 0 saturated heterocycles. The third-order valence-electron chi connectivity index (χ3n) is 5.88. The fraction of sp³-hybridized carbons (Fsp3) is 0.346. The summed E-state index contributed by atoms with van der Waals surface area (Å²) in [6.07, 6.45) is 15.7. The highest BCUT2D eigenvalue weighted by Crippen LogP contribution is 2.34. The van der Waals surface area contributed by atoms with E-state index in [0.717, 1.165) is 5.76 Å². The SMILES string of the molecule is COC1=CC2C=CC(=Cc3cc[n+](C(C)C)c4ccccc34)N(C(C)C)C2C=C1.[I-]. The van der Waals surface area contributed by atoms with Gasteiger partial charge in [0.25, 0.3) is 0 Å². The molecule has 4 rings (SSSR count). The number of aromatic nitrogens is 1. The number of pyridine rings is 1. The molecule has 30 heavy (non-hydrogen) atoms. The van der Waals surface area contributed by atoms with Gasteiger partial charge < -0.3 is 33.6 Å². The van der Waals surface area contributed by atoms with Crippen LogP contribution >= 0.6 is 0 Å². The lowest BCUT2D eigenvalue weighted by molar-refractivity contribution is -0.691. The van der Waals surface area contributed by atoms with Crippen molar-refractivity contribution in [1.82, 2.24) is 4.90 Å². The van der Waals surface area contributed by atoms with Crippen LogP contribution in [0.5, 0.6) is 0 Å². The van der Waals surface area contributed by atoms with Crippen molar-refractivity contribution >= 4 is 17.0 Å². The number of para-hydroxylation sites is 1. The molecule has 0 amide bonds. The fourth-order valence-electron chi connectivity index (χ4n) is 4.49. The average Bonchev–Trinajstić information content (AvgIpc) is 2.72. The Labute approximate surface area is 197 Å². The molecule has 2 heterocycles. The normalized spacial score (nSPS) is 21.8. The Morgan fingerprint density at radius 2 is 1.80 bits per heavy atom. The Kier molecular flexibility index (Phi) is 7.06. The zero-order chi connectivity index (χ0) is 20.5. The Bertz CT molecular complexity index is 1030. The molecule has 0 saturated carbocycles. The second-order valence-corrected chi connectivity index (χ2v) is 8.42. The van der Waals surface area contributed by atoms with Crippen molar-refractivity contribution in [1.29, 1.82) is 0 Å². The van der Waals surface area contributed by atoms with Gasteiger partial charge in [0.1, 0.15) is 5.76 Å². The van der Waals surface area contributed by atoms with E-state index in [-0.39, 0.29) is 24.0 Å². The monoisotopic (exact) mass is 514 g/mol. The summed E-state index contributed by atoms with van der Waals surface area (Å²) in [7, 11) is 1.73. The van der Waals surface area contributed by atoms with Crippen LogP contribution < -0.4 is 28.5 Å². The van der Waals surface area contributed by atoms with Gasteiger partial charge in [0.2, 0.25) is 5.52 Å². The predicted octanol–water partition coefficient (Wildman–Crippen LogP) is 2.42. The van der Waals surface area contributed by atoms with E-state index >= 15 is 0 Å². The average molecular weight is 514 g/mol. The van der Waals surface area contributed by atoms with Crippen molar-refractivity contribution in [2.24, 2.45) is 5.92 Å². The van der Waals surface area contributed by atoms with Crippen molar-refractivity contribution in [3.8, 4) is 0 Å². The first-order valence-corrected chi connectivity index (χ1v) is 10.5. The van der Waals surface area contributed by atoms with E-state index in [9.17, 15) is 0 Å². The van der Waals surface area contributed by atoms with Crippen molar-refractivity contribution in [3.63, 3.8) is 0 Å². The van der Waals surface area contributed by atoms with Crippen LogP contribution in [-0.2, 0) is 4.74 Å². The summed E-state index contributed by atoms with van der Waals surface area (Å²) in [6.45, 7) is 8.99. The molecular weight excluding hydrogens is 483 g/mol. The zero-order valence-electron chi connectivity index (χ0n) is 18.4. The summed E-state index contributed by atoms with van der Waals surface area (Å²) >= 11 is 0. The van der Waals surface area contributed by atoms with Crippen LogP contribution in [0, 0.1) is 5.92 Å². The van der Waals surface area contributed by atoms with Crippen molar-refractivity contribution in [2.45, 2.75) is 45.8 Å². The summed E-state index contributed by atoms with van der Waals surface area (Å²) in [4.78, 5) is 2.52. The highest BCUT2D eigenvalue weighted by Gasteiger charge is 2.31. The van der Waals surface area contributed by atoms with Crippen LogP contribution in [-0.4, -0.2) is 24.1 Å². The van der Waals surface area contributed by atoms with Crippen molar-refractivity contribution in [2.75, 3.05) is 7.11 Å². The summed E-state index contributed by atoms with van der Waals surface area (Å²) < 4.78 is 7.78. The van der Waals surface area contributed by atoms with E-state index in [0.29, 0.717) is 24.0 Å². The molecule has 3 nitrogen and oxygen atoms in total. The van der Waals surface area contributed by atoms with E-state index in [1.54, 1.807) is 7.11 Å². The summed E-state index contributed by atoms with van der Waals surface area (Å²) in [5.74, 6) is 1.28. The molecule has 1 aromatic heterocycles. The molecule has 158 valence electrons. The number of rotatable bonds is 4. The van der Waals surface area contributed by atoms with Gasteiger partial charge in [-0.15, -0.1) is 0 Å². The van der Waals surface area contributed by atoms with Crippen LogP contribution in [0.4, 0.5) is 0 Å². The van der Waals surface area contributed by atoms with Gasteiger partial charge >= 0.3 is 0 Å². The molecule has 2 aromatic rings. The van der Waals surface area contributed by atoms with Gasteiger partial charge in [0.05, 0.1) is 18.5 Å². The molecular formula is C26H31IN2O. The second kappa shape index (κ2) is 9.38. The topological polar surface area (TPSA) is 16.4 Å². The van der Waals surface area contributed by atoms with Crippen molar-refractivity contribution in [3.05, 3.63) is 83.9 Å². The molecule has 2 atom stereocenters. The van der Waals surface area contributed by atoms with Gasteiger partial charge in [-0.2, -0.15) is 4.57 Å². The minimum Gasteiger partial charge on any atom is -1.00 e. The van der Waals surface area contributed by atoms with Gasteiger partial charge in [-0.1, -0.05) is 24.3 Å². The maximum Gasteiger partial charge on any atom is 0.213 e. The largest absolute Gasteiger partial charge is 1.00 e. The number of methoxy groups -OCH3 is 1. The first-order chi connectivity index (χ1) is 14.0. The molecule has 1 aromatic carbocycles. The van der Waals surface area contributed by atoms with Gasteiger partial charge in [0.15, 0.2) is 12.2 Å². The lowest BCUT2D eigenvalue weighted by Gasteiger charge is -2.43. The molecule has 4 heteroatoms. The van der Waals surface area contributed by atoms with Gasteiger partial charge in [0, 0.05) is 29.8 Å². The van der Waals surface area contributed by atoms with E-state index in [4.69, 9.17) is 4.74 Å². The quantitative estimate of drug-likeness (QED) is 0.461. The smallest absolute Gasteiger partial charge is 0.213 e. The summed E-state index contributed by atoms with van der Waals surface area (Å²) in [5, 5.41) is 1.29. The lowest BCUT2D eigenvalue weighted by atomic mass is 9.87. The molecule has 2 aliphatic rings. The van der Waals surface area contributed by atoms with Gasteiger partial charge in [-0.05, 0) is 63.6 Å². The molecule has 1 aliphatic carbocycles. The Morgan fingerprint density at radius 1 is 1.03 bits per heavy atom. The Morgan fingerprint density at radius 3 is 2.50 bits per heavy atom. The first-order valence-electron chi connectivity index (χ1n) is 10.5. The molecule has 0 N–H and O–H groups in total. The van der Waals surface area contributed by atoms with Crippen LogP contribution in [0.1, 0.15) is 39.3 Å². The highest BCUT2D eigenvalue weighted by molar-refractivity contribution is 5.86. The molecule has 0 bridgehead atoms. The maximum absolute atomic E-state index is 5.44. The third-order valence-corrected chi connectivity index (χ3v) is 5.88. The van der Waals surface area contributed by atoms with Crippen LogP contribution in [0.15, 0.2) is 78.4 Å². The van der Waals surface area contributed by atoms with Gasteiger partial charge in [-0.25, -0.2) is 0 Å². The predicted molar refractivity (Wildman–Crippen MR) is 120 cm³/mol. The molecule has 0 spiro atoms. The third kappa shape index (κ3) is 4.20. The van der Waals surface area contributed by atoms with E-state index in [1.807, 2.05) is 0 Å². The maximum atomic E-state index is 5.44. The molecule has 0 fully saturated rings. The number of allylic oxidation sites excluding steroid dienone is 2. The summed E-state index contributed by atoms with van der Waals surface area (Å²) in [6, 6.07) is 12.1. The van der Waals surface area contributed by atoms with E-state index < -0.39 is 0 Å². The lowest BCUT2D eigenvalue weighted by Crippen LogP contribution is -3.00. The second-order valence-electron chi connectivity index (χ2n) is 8.42. The number of hydrogen-bond acceptors (Lipinski definition) is 2. The number of ether oxygens (including phenoxy) is 1. The van der Waals surface area contributed by atoms with E-state index in [2.05, 4.69) is 110 Å². The minimum absolute atomic E-state index is 0. The van der Waals surface area contributed by atoms with Crippen LogP contribution in [0.2, 0.25) is 0 Å². The standard InChI is InChI=1S/C26H31N2O.HI/c1-18(2)27-15-14-20(24-8-6-7-9-26(24)27)16-22-11-10-21-17-23(29-5)12-13-25(21)28(22)19(3)4;/h6-19,21,25H,1-5H3;1H/q+1;/p-1. The summed E-state index contributed by atoms with van der Waals surface area (Å²) in [5.41, 5.74) is 3.79. The van der Waals surface area contributed by atoms with Crippen LogP contribution in [0.25, 0.3) is 17.0 Å². The fourth-order valence-corrected chi connectivity index (χ4v) is 4.49. The number of fused-ring (bicyclic) bond motifs is 2. The zero-order valence-corrected chi connectivity index (χ0v) is 20.6. The number of hydrogen-bond donors (Lipinski definition) is 0. The molecule has 1 aliphatic heterocycles. The molecule has 0 radical (unpaired) electrons. The van der Waals surface area contributed by atoms with E-state index in [1.165, 1.54) is 22.2 Å². The van der Waals surface area contributed by atoms with Gasteiger partial charge in [-0.3, -0.25) is 0 Å². The first kappa shape index (κ1) is 22.6. The van der Waals surface area contributed by atoms with Crippen molar-refractivity contribution < 1.29 is 33.3 Å². The Balaban J connectivity index is 0.00000256. The molecule has 2 unspecified atom stereocenters.